The molecule has 7 N–H and O–H groups in total. The summed E-state index contributed by atoms with van der Waals surface area (Å²) < 4.78 is 48.5. The number of piperazine rings is 3. The average molecular weight is 2270 g/mol. The number of aliphatic hydroxyl groups excluding tert-OH is 3. The van der Waals surface area contributed by atoms with Crippen molar-refractivity contribution in [3.8, 4) is 6.07 Å². The van der Waals surface area contributed by atoms with Crippen LogP contribution in [0.15, 0.2) is 176 Å². The molecule has 0 saturated carbocycles. The van der Waals surface area contributed by atoms with Gasteiger partial charge >= 0.3 is 24.4 Å². The van der Waals surface area contributed by atoms with Crippen molar-refractivity contribution < 1.29 is 68.1 Å². The predicted molar refractivity (Wildman–Crippen MR) is 616 cm³/mol. The largest absolute Gasteiger partial charge is 0.445 e. The molecular weight excluding hydrogens is 2090 g/mol. The number of hydrogen-bond acceptors (Lipinski definition) is 22. The number of nitriles is 1. The van der Waals surface area contributed by atoms with Gasteiger partial charge in [0, 0.05) is 178 Å². The molecule has 3 aliphatic heterocycles. The van der Waals surface area contributed by atoms with E-state index in [1.54, 1.807) is 49.0 Å². The molecule has 3 fully saturated rings. The lowest BCUT2D eigenvalue weighted by atomic mass is 10.2. The molecule has 820 valence electrons. The van der Waals surface area contributed by atoms with E-state index >= 15 is 0 Å². The molecule has 0 unspecified atom stereocenters. The number of ether oxygens (including phenoxy) is 4. The van der Waals surface area contributed by atoms with Gasteiger partial charge in [-0.05, 0) is 180 Å². The number of hydrogen-bond donors (Lipinski definition) is 6. The average Bonchev–Trinajstić information content (AvgIpc) is 0.838. The van der Waals surface area contributed by atoms with E-state index in [2.05, 4.69) is 133 Å². The van der Waals surface area contributed by atoms with Crippen molar-refractivity contribution in [1.29, 1.82) is 5.26 Å². The third-order valence-corrected chi connectivity index (χ3v) is 35.5. The first-order valence-electron chi connectivity index (χ1n) is 50.4. The van der Waals surface area contributed by atoms with Gasteiger partial charge in [-0.2, -0.15) is 5.26 Å². The van der Waals surface area contributed by atoms with Gasteiger partial charge in [-0.1, -0.05) is 293 Å². The molecule has 3 aliphatic rings. The number of carbonyl (C=O) groups excluding carboxylic acids is 4. The molecule has 37 heteroatoms. The standard InChI is InChI=1S/C22H27Cl2N3O2.C18H31NO3Si.C14H21Cl2N3.C12H16BrNO2.C12H17NO3.C10H12Cl2N2.C10H24OSi.C4H10O.C3H9NO.C2H3N.CH3F.ClH/c1-25(22(28)29-17-18-7-3-2-4-8-18)11-6-12-26-13-15-27(16-14-26)20-10-5-9-19(23)21(20)24;1-18(2,3)23(5,6)22-14-10-13-19(4)17(20)21-15-16-11-8-7-9-12-16;1-17-6-3-7-18-8-10-19(11-9-18)13-5-2-4-12(15)14(13)16;1-14(9-5-8-13)12(15)16-10-11-6-3-2-4-7-11;1-13(8-5-9-14)12(15)16-10-11-6-3-2-4-7-11;11-8-2-1-3-9(10(8)12)14-6-4-13-5-7-14;1-7-8-9-11-12(5,6)10(2,3)4;1-2-3-4-5;4-2-1-3-5;1-2-3;1-2;/h2-5,7-10H,6,11-17H2,1H3;7-9,11-12H,10,13-15H2,1-6H3;2,4-5,17H,3,6-11H2,1H3;2-4,6-7H,5,8-10H2,1H3;2-4,6-7,14H,5,8-10H2,1H3;1-3,13H,4-7H2;7-9H2,1-6H3;5H,2-4H2,1H3;5H,1-4H2;1H3;1H3;1H/i;;;;;;;;;;1D;. The summed E-state index contributed by atoms with van der Waals surface area (Å²) in [6, 6.07) is 57.7. The monoisotopic (exact) mass is 2260 g/mol. The molecular formula is C108H174BrCl7FN13O13Si2. The zero-order chi connectivity index (χ0) is 109. The summed E-state index contributed by atoms with van der Waals surface area (Å²) in [5.74, 6) is 0. The van der Waals surface area contributed by atoms with Crippen LogP contribution in [-0.4, -0.2) is 297 Å². The Bertz CT molecular complexity index is 4420. The maximum Gasteiger partial charge on any atom is 0.409 e. The Balaban J connectivity index is 0. The molecule has 0 bridgehead atoms. The molecule has 3 heterocycles. The van der Waals surface area contributed by atoms with Gasteiger partial charge < -0.3 is 93.8 Å². The van der Waals surface area contributed by atoms with Crippen LogP contribution in [-0.2, 0) is 54.2 Å². The van der Waals surface area contributed by atoms with Crippen LogP contribution in [0.3, 0.4) is 0 Å². The van der Waals surface area contributed by atoms with Gasteiger partial charge in [-0.25, -0.2) is 19.2 Å². The summed E-state index contributed by atoms with van der Waals surface area (Å²) in [5, 5.41) is 43.8. The molecule has 7 aromatic rings. The maximum absolute atomic E-state index is 12.1. The summed E-state index contributed by atoms with van der Waals surface area (Å²) >= 11 is 40.2. The Hall–Kier alpha value is -7.02. The second-order valence-electron chi connectivity index (χ2n) is 37.0. The number of carbonyl (C=O) groups is 4. The van der Waals surface area contributed by atoms with E-state index in [0.717, 1.165) is 188 Å². The molecule has 10 rings (SSSR count). The first kappa shape index (κ1) is 138. The molecule has 0 spiro atoms. The first-order valence-corrected chi connectivity index (χ1v) is 58.9. The van der Waals surface area contributed by atoms with Crippen molar-refractivity contribution in [2.45, 2.75) is 189 Å². The lowest BCUT2D eigenvalue weighted by molar-refractivity contribution is 0.102. The Kier molecular flexibility index (Phi) is 80.6. The lowest BCUT2D eigenvalue weighted by Crippen LogP contribution is -2.47. The van der Waals surface area contributed by atoms with Gasteiger partial charge in [0.05, 0.1) is 61.8 Å². The molecule has 0 aliphatic carbocycles. The summed E-state index contributed by atoms with van der Waals surface area (Å²) in [7, 11) is 4.81. The molecule has 0 atom stereocenters. The van der Waals surface area contributed by atoms with Crippen LogP contribution in [0, 0.1) is 11.3 Å². The highest BCUT2D eigenvalue weighted by Gasteiger charge is 2.38. The van der Waals surface area contributed by atoms with Crippen molar-refractivity contribution in [2.24, 2.45) is 5.73 Å². The third kappa shape index (κ3) is 63.7. The van der Waals surface area contributed by atoms with Crippen molar-refractivity contribution in [1.82, 2.24) is 40.0 Å². The van der Waals surface area contributed by atoms with Crippen molar-refractivity contribution in [3.05, 3.63) is 228 Å². The number of rotatable bonds is 38. The maximum atomic E-state index is 12.1. The highest BCUT2D eigenvalue weighted by molar-refractivity contribution is 9.09. The molecule has 7 aromatic carbocycles. The van der Waals surface area contributed by atoms with Crippen molar-refractivity contribution in [3.63, 3.8) is 0 Å². The fraction of sp³-hybridized carbons (Fsp3) is 0.565. The molecule has 26 nitrogen and oxygen atoms in total. The number of amides is 4. The van der Waals surface area contributed by atoms with E-state index in [0.29, 0.717) is 107 Å². The number of nitrogens with one attached hydrogen (secondary N) is 2. The number of halogens is 9. The SMILES string of the molecule is CC#N.CCCCO.CCCCO[Si](C)(C)C(C)(C)C.CN(CCCBr)C(=O)OCc1ccccc1.CN(CCCN1CCN(c2cccc(Cl)c2Cl)CC1)C(=O)OCc1ccccc1.CN(CCCO)C(=O)OCc1ccccc1.CN(CCCO[Si](C)(C)C(C)(C)C)C(=O)OCc1ccccc1.CNCCCN1CCN(c2cccc(Cl)c2Cl)CC1.Cl.Clc1cccc(N2CCNCC2)c1Cl.NCCCO.[2H]CF. The number of anilines is 3. The minimum absolute atomic E-state index is 0. The van der Waals surface area contributed by atoms with Crippen LogP contribution in [0.2, 0.25) is 66.4 Å². The Labute approximate surface area is 918 Å². The summed E-state index contributed by atoms with van der Waals surface area (Å²) in [6.45, 7) is 50.1. The van der Waals surface area contributed by atoms with Crippen LogP contribution in [0.25, 0.3) is 0 Å². The van der Waals surface area contributed by atoms with Gasteiger partial charge in [-0.3, -0.25) is 14.2 Å². The number of nitrogens with zero attached hydrogens (tertiary/aromatic N) is 10. The van der Waals surface area contributed by atoms with E-state index in [4.69, 9.17) is 125 Å². The Morgan fingerprint density at radius 1 is 0.462 bits per heavy atom. The molecule has 0 radical (unpaired) electrons. The van der Waals surface area contributed by atoms with Crippen LogP contribution >= 0.6 is 97.9 Å². The van der Waals surface area contributed by atoms with E-state index in [1.165, 1.54) is 31.1 Å². The zero-order valence-electron chi connectivity index (χ0n) is 90.6. The fourth-order valence-corrected chi connectivity index (χ4v) is 16.3. The Morgan fingerprint density at radius 2 is 0.745 bits per heavy atom. The summed E-state index contributed by atoms with van der Waals surface area (Å²) in [4.78, 5) is 65.1. The highest BCUT2D eigenvalue weighted by Crippen LogP contribution is 2.39. The van der Waals surface area contributed by atoms with Gasteiger partial charge in [0.25, 0.3) is 0 Å². The van der Waals surface area contributed by atoms with Gasteiger partial charge in [-0.15, -0.1) is 12.4 Å². The van der Waals surface area contributed by atoms with Crippen molar-refractivity contribution >= 4 is 156 Å². The number of aliphatic hydroxyl groups is 3. The second kappa shape index (κ2) is 84.7. The minimum atomic E-state index is -1.70. The Morgan fingerprint density at radius 3 is 1.01 bits per heavy atom. The van der Waals surface area contributed by atoms with Gasteiger partial charge in [0.15, 0.2) is 16.6 Å². The van der Waals surface area contributed by atoms with Crippen LogP contribution in [0.4, 0.5) is 40.6 Å². The number of benzene rings is 7. The highest BCUT2D eigenvalue weighted by atomic mass is 79.9. The number of unbranched alkanes of at least 4 members (excludes halogenated alkanes) is 2. The predicted octanol–water partition coefficient (Wildman–Crippen LogP) is 24.7. The van der Waals surface area contributed by atoms with E-state index < -0.39 is 23.8 Å². The topological polar surface area (TPSA) is 287 Å². The van der Waals surface area contributed by atoms with Crippen LogP contribution in [0.5, 0.6) is 0 Å². The van der Waals surface area contributed by atoms with Crippen LogP contribution in [0.1, 0.15) is 150 Å². The van der Waals surface area contributed by atoms with E-state index in [1.807, 2.05) is 183 Å². The quantitative estimate of drug-likeness (QED) is 0.00907. The molecule has 3 saturated heterocycles. The number of nitrogens with two attached hydrogens (primary N) is 1. The van der Waals surface area contributed by atoms with E-state index in [-0.39, 0.29) is 61.6 Å². The third-order valence-electron chi connectivity index (χ3n) is 23.4. The van der Waals surface area contributed by atoms with Crippen LogP contribution < -0.4 is 31.1 Å². The summed E-state index contributed by atoms with van der Waals surface area (Å²) in [5.41, 5.74) is 12.0. The zero-order valence-corrected chi connectivity index (χ0v) is 98.6. The minimum Gasteiger partial charge on any atom is -0.445 e. The lowest BCUT2D eigenvalue weighted by Gasteiger charge is -2.36. The van der Waals surface area contributed by atoms with E-state index in [9.17, 15) is 23.6 Å². The van der Waals surface area contributed by atoms with Gasteiger partial charge in [0.1, 0.15) is 26.4 Å². The smallest absolute Gasteiger partial charge is 0.409 e. The van der Waals surface area contributed by atoms with Crippen molar-refractivity contribution in [2.75, 3.05) is 226 Å². The first-order chi connectivity index (χ1) is 69.1. The normalized spacial score (nSPS) is 12.8. The fourth-order valence-electron chi connectivity index (χ4n) is 12.6. The molecule has 0 aromatic heterocycles. The molecule has 4 amide bonds. The molecule has 145 heavy (non-hydrogen) atoms. The van der Waals surface area contributed by atoms with Gasteiger partial charge in [0.2, 0.25) is 0 Å². The summed E-state index contributed by atoms with van der Waals surface area (Å²) in [6.07, 6.45) is 8.41. The number of alkyl halides is 2. The second-order valence-corrected chi connectivity index (χ2v) is 49.7.